The maximum atomic E-state index is 6.27. The van der Waals surface area contributed by atoms with Crippen molar-refractivity contribution < 1.29 is 14.0 Å². The van der Waals surface area contributed by atoms with Crippen molar-refractivity contribution in [1.82, 2.24) is 4.98 Å². The molecule has 0 saturated carbocycles. The molecule has 1 saturated heterocycles. The molecular weight excluding hydrogens is 421 g/mol. The number of anilines is 1. The first-order valence-electron chi connectivity index (χ1n) is 10.6. The van der Waals surface area contributed by atoms with Gasteiger partial charge in [0.25, 0.3) is 0 Å². The van der Waals surface area contributed by atoms with E-state index < -0.39 is 18.3 Å². The van der Waals surface area contributed by atoms with E-state index in [1.54, 1.807) is 6.21 Å². The Labute approximate surface area is 193 Å². The van der Waals surface area contributed by atoms with Crippen molar-refractivity contribution in [3.8, 4) is 5.75 Å². The van der Waals surface area contributed by atoms with E-state index in [1.165, 1.54) is 11.3 Å². The van der Waals surface area contributed by atoms with Crippen molar-refractivity contribution in [2.45, 2.75) is 52.4 Å². The zero-order valence-electron chi connectivity index (χ0n) is 19.1. The van der Waals surface area contributed by atoms with E-state index in [-0.39, 0.29) is 0 Å². The van der Waals surface area contributed by atoms with E-state index in [9.17, 15) is 0 Å². The molecule has 1 fully saturated rings. The van der Waals surface area contributed by atoms with Gasteiger partial charge in [-0.3, -0.25) is 5.43 Å². The molecule has 0 aliphatic carbocycles. The van der Waals surface area contributed by atoms with Crippen LogP contribution in [0.5, 0.6) is 5.75 Å². The second-order valence-corrected chi connectivity index (χ2v) is 9.68. The third kappa shape index (κ3) is 5.04. The SMILES string of the molecule is Cc1csc(NN=Cc2cc(OCc3ccccc3)ccc2B2OC(C)(C)C(C)(C)O2)n1. The smallest absolute Gasteiger partial charge is 0.489 e. The van der Waals surface area contributed by atoms with E-state index in [0.29, 0.717) is 6.61 Å². The quantitative estimate of drug-likeness (QED) is 0.320. The highest BCUT2D eigenvalue weighted by atomic mass is 32.1. The number of nitrogens with zero attached hydrogens (tertiary/aromatic N) is 2. The summed E-state index contributed by atoms with van der Waals surface area (Å²) >= 11 is 1.51. The molecule has 1 aliphatic rings. The van der Waals surface area contributed by atoms with Crippen LogP contribution in [0.4, 0.5) is 5.13 Å². The fraction of sp³-hybridized carbons (Fsp3) is 0.333. The largest absolute Gasteiger partial charge is 0.495 e. The minimum atomic E-state index is -0.494. The lowest BCUT2D eigenvalue weighted by atomic mass is 9.76. The first-order chi connectivity index (χ1) is 15.2. The Hall–Kier alpha value is -2.68. The highest BCUT2D eigenvalue weighted by Crippen LogP contribution is 2.36. The number of thiazole rings is 1. The minimum Gasteiger partial charge on any atom is -0.489 e. The molecule has 1 aliphatic heterocycles. The van der Waals surface area contributed by atoms with Gasteiger partial charge in [0.05, 0.1) is 23.1 Å². The average molecular weight is 449 g/mol. The van der Waals surface area contributed by atoms with Gasteiger partial charge in [-0.25, -0.2) is 4.98 Å². The number of hydrogen-bond acceptors (Lipinski definition) is 7. The van der Waals surface area contributed by atoms with Crippen LogP contribution in [0.15, 0.2) is 59.0 Å². The third-order valence-corrected chi connectivity index (χ3v) is 6.66. The van der Waals surface area contributed by atoms with Crippen molar-refractivity contribution >= 4 is 35.3 Å². The molecule has 4 rings (SSSR count). The van der Waals surface area contributed by atoms with Gasteiger partial charge >= 0.3 is 7.12 Å². The molecule has 0 bridgehead atoms. The van der Waals surface area contributed by atoms with Gasteiger partial charge in [-0.15, -0.1) is 11.3 Å². The molecule has 0 unspecified atom stereocenters. The Kier molecular flexibility index (Phi) is 6.37. The summed E-state index contributed by atoms with van der Waals surface area (Å²) in [5.41, 5.74) is 5.97. The summed E-state index contributed by atoms with van der Waals surface area (Å²) < 4.78 is 18.6. The molecule has 0 radical (unpaired) electrons. The van der Waals surface area contributed by atoms with Crippen LogP contribution in [0.3, 0.4) is 0 Å². The zero-order valence-corrected chi connectivity index (χ0v) is 19.9. The molecular formula is C24H28BN3O3S. The Morgan fingerprint density at radius 2 is 1.81 bits per heavy atom. The topological polar surface area (TPSA) is 65.0 Å². The number of benzene rings is 2. The molecule has 0 spiro atoms. The van der Waals surface area contributed by atoms with Crippen LogP contribution in [0, 0.1) is 6.92 Å². The zero-order chi connectivity index (χ0) is 22.8. The maximum absolute atomic E-state index is 6.27. The minimum absolute atomic E-state index is 0.425. The van der Waals surface area contributed by atoms with Crippen LogP contribution in [-0.4, -0.2) is 29.5 Å². The first kappa shape index (κ1) is 22.5. The molecule has 166 valence electrons. The fourth-order valence-electron chi connectivity index (χ4n) is 3.24. The Morgan fingerprint density at radius 1 is 1.09 bits per heavy atom. The van der Waals surface area contributed by atoms with Crippen LogP contribution >= 0.6 is 11.3 Å². The fourth-order valence-corrected chi connectivity index (χ4v) is 3.88. The van der Waals surface area contributed by atoms with Gasteiger partial charge in [0.1, 0.15) is 12.4 Å². The molecule has 0 amide bonds. The summed E-state index contributed by atoms with van der Waals surface area (Å²) in [6.07, 6.45) is 1.76. The van der Waals surface area contributed by atoms with Gasteiger partial charge in [0.2, 0.25) is 5.13 Å². The highest BCUT2D eigenvalue weighted by molar-refractivity contribution is 7.13. The van der Waals surface area contributed by atoms with Crippen LogP contribution in [0.2, 0.25) is 0 Å². The van der Waals surface area contributed by atoms with Crippen molar-refractivity contribution in [3.63, 3.8) is 0 Å². The van der Waals surface area contributed by atoms with Crippen LogP contribution < -0.4 is 15.6 Å². The van der Waals surface area contributed by atoms with Gasteiger partial charge in [0, 0.05) is 5.38 Å². The highest BCUT2D eigenvalue weighted by Gasteiger charge is 2.52. The summed E-state index contributed by atoms with van der Waals surface area (Å²) in [5.74, 6) is 0.751. The van der Waals surface area contributed by atoms with E-state index in [2.05, 4.69) is 15.5 Å². The van der Waals surface area contributed by atoms with Gasteiger partial charge in [-0.2, -0.15) is 5.10 Å². The lowest BCUT2D eigenvalue weighted by Gasteiger charge is -2.32. The number of ether oxygens (including phenoxy) is 1. The molecule has 2 heterocycles. The standard InChI is InChI=1S/C24H28BN3O3S/c1-17-16-32-22(27-17)28-26-14-19-13-20(29-15-18-9-7-6-8-10-18)11-12-21(19)25-30-23(2,3)24(4,5)31-25/h6-14,16H,15H2,1-5H3,(H,27,28). The molecule has 2 aromatic carbocycles. The Balaban J connectivity index is 1.58. The lowest BCUT2D eigenvalue weighted by Crippen LogP contribution is -2.41. The van der Waals surface area contributed by atoms with E-state index >= 15 is 0 Å². The number of nitrogens with one attached hydrogen (secondary N) is 1. The molecule has 0 atom stereocenters. The number of hydrazone groups is 1. The van der Waals surface area contributed by atoms with Crippen LogP contribution in [-0.2, 0) is 15.9 Å². The van der Waals surface area contributed by atoms with Gasteiger partial charge in [-0.05, 0) is 63.3 Å². The Bertz CT molecular complexity index is 1080. The number of aromatic nitrogens is 1. The maximum Gasteiger partial charge on any atom is 0.495 e. The monoisotopic (exact) mass is 449 g/mol. The van der Waals surface area contributed by atoms with Crippen molar-refractivity contribution in [2.75, 3.05) is 5.43 Å². The molecule has 1 aromatic heterocycles. The second kappa shape index (κ2) is 9.06. The number of rotatable bonds is 7. The normalized spacial score (nSPS) is 17.1. The summed E-state index contributed by atoms with van der Waals surface area (Å²) in [5, 5.41) is 7.12. The second-order valence-electron chi connectivity index (χ2n) is 8.82. The molecule has 1 N–H and O–H groups in total. The predicted molar refractivity (Wildman–Crippen MR) is 131 cm³/mol. The van der Waals surface area contributed by atoms with E-state index in [1.807, 2.05) is 88.5 Å². The number of aryl methyl sites for hydroxylation is 1. The predicted octanol–water partition coefficient (Wildman–Crippen LogP) is 4.78. The molecule has 8 heteroatoms. The number of hydrogen-bond donors (Lipinski definition) is 1. The van der Waals surface area contributed by atoms with Crippen LogP contribution in [0.1, 0.15) is 44.5 Å². The van der Waals surface area contributed by atoms with Crippen LogP contribution in [0.25, 0.3) is 0 Å². The third-order valence-electron chi connectivity index (χ3n) is 5.80. The first-order valence-corrected chi connectivity index (χ1v) is 11.5. The summed E-state index contributed by atoms with van der Waals surface area (Å²) in [4.78, 5) is 4.38. The van der Waals surface area contributed by atoms with E-state index in [0.717, 1.165) is 33.2 Å². The summed E-state index contributed by atoms with van der Waals surface area (Å²) in [6, 6.07) is 16.0. The Morgan fingerprint density at radius 3 is 2.47 bits per heavy atom. The van der Waals surface area contributed by atoms with Gasteiger partial charge in [-0.1, -0.05) is 36.4 Å². The van der Waals surface area contributed by atoms with Crippen molar-refractivity contribution in [1.29, 1.82) is 0 Å². The molecule has 32 heavy (non-hydrogen) atoms. The average Bonchev–Trinajstić information content (AvgIpc) is 3.26. The van der Waals surface area contributed by atoms with Crippen molar-refractivity contribution in [3.05, 3.63) is 70.7 Å². The van der Waals surface area contributed by atoms with Crippen molar-refractivity contribution in [2.24, 2.45) is 5.10 Å². The lowest BCUT2D eigenvalue weighted by molar-refractivity contribution is 0.00578. The van der Waals surface area contributed by atoms with Gasteiger partial charge < -0.3 is 14.0 Å². The van der Waals surface area contributed by atoms with Gasteiger partial charge in [0.15, 0.2) is 0 Å². The molecule has 6 nitrogen and oxygen atoms in total. The summed E-state index contributed by atoms with van der Waals surface area (Å²) in [6.45, 7) is 10.6. The van der Waals surface area contributed by atoms with E-state index in [4.69, 9.17) is 14.0 Å². The molecule has 3 aromatic rings. The summed E-state index contributed by atoms with van der Waals surface area (Å²) in [7, 11) is -0.494.